The molecule has 1 saturated carbocycles. The summed E-state index contributed by atoms with van der Waals surface area (Å²) in [5.74, 6) is -0.233. The number of nitro benzene ring substituents is 1. The van der Waals surface area contributed by atoms with Gasteiger partial charge in [-0.05, 0) is 30.9 Å². The van der Waals surface area contributed by atoms with Gasteiger partial charge in [-0.3, -0.25) is 14.9 Å². The second-order valence-corrected chi connectivity index (χ2v) is 6.01. The van der Waals surface area contributed by atoms with E-state index in [0.29, 0.717) is 0 Å². The summed E-state index contributed by atoms with van der Waals surface area (Å²) in [6.07, 6.45) is 4.79. The fraction of sp³-hybridized carbons (Fsp3) is 0.533. The van der Waals surface area contributed by atoms with E-state index < -0.39 is 16.9 Å². The molecule has 0 radical (unpaired) electrons. The molecule has 0 aromatic heterocycles. The maximum absolute atomic E-state index is 12.0. The van der Waals surface area contributed by atoms with Crippen LogP contribution in [0.5, 0.6) is 0 Å². The van der Waals surface area contributed by atoms with E-state index in [1.165, 1.54) is 18.6 Å². The number of nitro groups is 1. The monoisotopic (exact) mass is 326 g/mol. The molecule has 0 bridgehead atoms. The van der Waals surface area contributed by atoms with Crippen molar-refractivity contribution in [2.75, 3.05) is 6.54 Å². The van der Waals surface area contributed by atoms with Crippen LogP contribution in [0.3, 0.4) is 0 Å². The lowest BCUT2D eigenvalue weighted by molar-refractivity contribution is -0.384. The topological polar surface area (TPSA) is 92.5 Å². The highest BCUT2D eigenvalue weighted by molar-refractivity contribution is 6.32. The molecule has 1 unspecified atom stereocenters. The second-order valence-electron chi connectivity index (χ2n) is 5.60. The number of carbonyl (C=O) groups excluding carboxylic acids is 1. The Kier molecular flexibility index (Phi) is 5.74. The number of hydrogen-bond acceptors (Lipinski definition) is 4. The van der Waals surface area contributed by atoms with Gasteiger partial charge in [-0.15, -0.1) is 0 Å². The van der Waals surface area contributed by atoms with E-state index >= 15 is 0 Å². The predicted octanol–water partition coefficient (Wildman–Crippen LogP) is 2.92. The minimum atomic E-state index is -0.629. The van der Waals surface area contributed by atoms with Crippen molar-refractivity contribution in [3.05, 3.63) is 38.9 Å². The summed E-state index contributed by atoms with van der Waals surface area (Å²) in [6.45, 7) is 0.153. The molecule has 1 amide bonds. The number of halogens is 1. The molecule has 1 fully saturated rings. The lowest BCUT2D eigenvalue weighted by Gasteiger charge is -2.26. The first-order valence-corrected chi connectivity index (χ1v) is 7.77. The normalized spacial score (nSPS) is 17.0. The first-order chi connectivity index (χ1) is 10.5. The van der Waals surface area contributed by atoms with E-state index in [4.69, 9.17) is 11.6 Å². The molecule has 1 aromatic rings. The van der Waals surface area contributed by atoms with E-state index in [0.717, 1.165) is 31.7 Å². The molecular formula is C15H19ClN2O4. The van der Waals surface area contributed by atoms with Crippen LogP contribution in [-0.2, 0) is 0 Å². The zero-order valence-corrected chi connectivity index (χ0v) is 12.9. The first kappa shape index (κ1) is 16.7. The van der Waals surface area contributed by atoms with Crippen LogP contribution in [-0.4, -0.2) is 28.6 Å². The van der Waals surface area contributed by atoms with Crippen LogP contribution in [0, 0.1) is 16.0 Å². The number of hydrogen-bond donors (Lipinski definition) is 2. The van der Waals surface area contributed by atoms with Gasteiger partial charge in [0.2, 0.25) is 0 Å². The summed E-state index contributed by atoms with van der Waals surface area (Å²) in [5, 5.41) is 23.5. The maximum atomic E-state index is 12.0. The Balaban J connectivity index is 1.94. The number of benzene rings is 1. The zero-order chi connectivity index (χ0) is 16.1. The average Bonchev–Trinajstić information content (AvgIpc) is 2.53. The van der Waals surface area contributed by atoms with Gasteiger partial charge in [0.15, 0.2) is 0 Å². The Morgan fingerprint density at radius 3 is 2.73 bits per heavy atom. The molecule has 0 saturated heterocycles. The molecule has 6 nitrogen and oxygen atoms in total. The molecule has 7 heteroatoms. The fourth-order valence-corrected chi connectivity index (χ4v) is 2.97. The Morgan fingerprint density at radius 1 is 1.41 bits per heavy atom. The highest BCUT2D eigenvalue weighted by Crippen LogP contribution is 2.27. The molecule has 0 spiro atoms. The Labute approximate surface area is 133 Å². The fourth-order valence-electron chi connectivity index (χ4n) is 2.78. The van der Waals surface area contributed by atoms with Gasteiger partial charge in [-0.1, -0.05) is 30.9 Å². The van der Waals surface area contributed by atoms with Crippen molar-refractivity contribution in [3.63, 3.8) is 0 Å². The molecule has 1 atom stereocenters. The van der Waals surface area contributed by atoms with Gasteiger partial charge in [0, 0.05) is 18.2 Å². The molecule has 1 aromatic carbocycles. The summed E-state index contributed by atoms with van der Waals surface area (Å²) in [7, 11) is 0. The summed E-state index contributed by atoms with van der Waals surface area (Å²) in [4.78, 5) is 22.2. The Morgan fingerprint density at radius 2 is 2.09 bits per heavy atom. The van der Waals surface area contributed by atoms with Crippen LogP contribution in [0.15, 0.2) is 18.2 Å². The summed E-state index contributed by atoms with van der Waals surface area (Å²) in [5.41, 5.74) is -0.144. The van der Waals surface area contributed by atoms with Crippen LogP contribution in [0.25, 0.3) is 0 Å². The van der Waals surface area contributed by atoms with Crippen molar-refractivity contribution in [1.29, 1.82) is 0 Å². The van der Waals surface area contributed by atoms with Crippen LogP contribution in [0.2, 0.25) is 5.02 Å². The number of aliphatic hydroxyl groups is 1. The van der Waals surface area contributed by atoms with Gasteiger partial charge in [0.05, 0.1) is 11.0 Å². The average molecular weight is 327 g/mol. The maximum Gasteiger partial charge on any atom is 0.288 e. The van der Waals surface area contributed by atoms with Gasteiger partial charge < -0.3 is 10.4 Å². The van der Waals surface area contributed by atoms with Crippen LogP contribution < -0.4 is 5.32 Å². The smallest absolute Gasteiger partial charge is 0.288 e. The molecule has 1 aliphatic carbocycles. The van der Waals surface area contributed by atoms with Crippen molar-refractivity contribution in [2.45, 2.75) is 38.2 Å². The van der Waals surface area contributed by atoms with Crippen molar-refractivity contribution in [1.82, 2.24) is 5.32 Å². The van der Waals surface area contributed by atoms with E-state index in [-0.39, 0.29) is 28.7 Å². The standard InChI is InChI=1S/C15H19ClN2O4/c16-12-7-6-11(8-13(12)18(21)22)15(20)17-9-14(19)10-4-2-1-3-5-10/h6-8,10,14,19H,1-5,9H2,(H,17,20). The number of rotatable bonds is 5. The van der Waals surface area contributed by atoms with Gasteiger partial charge in [0.25, 0.3) is 11.6 Å². The third kappa shape index (κ3) is 4.18. The molecule has 0 aliphatic heterocycles. The quantitative estimate of drug-likeness (QED) is 0.642. The summed E-state index contributed by atoms with van der Waals surface area (Å²) >= 11 is 5.71. The molecular weight excluding hydrogens is 308 g/mol. The van der Waals surface area contributed by atoms with E-state index in [9.17, 15) is 20.0 Å². The first-order valence-electron chi connectivity index (χ1n) is 7.39. The number of carbonyl (C=O) groups is 1. The van der Waals surface area contributed by atoms with Crippen LogP contribution in [0.4, 0.5) is 5.69 Å². The number of amides is 1. The van der Waals surface area contributed by atoms with Crippen LogP contribution >= 0.6 is 11.6 Å². The molecule has 0 heterocycles. The number of nitrogens with one attached hydrogen (secondary N) is 1. The van der Waals surface area contributed by atoms with E-state index in [2.05, 4.69) is 5.32 Å². The highest BCUT2D eigenvalue weighted by atomic mass is 35.5. The van der Waals surface area contributed by atoms with Gasteiger partial charge in [-0.25, -0.2) is 0 Å². The summed E-state index contributed by atoms with van der Waals surface area (Å²) in [6, 6.07) is 3.90. The van der Waals surface area contributed by atoms with Crippen molar-refractivity contribution < 1.29 is 14.8 Å². The third-order valence-corrected chi connectivity index (χ3v) is 4.39. The molecule has 2 rings (SSSR count). The van der Waals surface area contributed by atoms with Gasteiger partial charge in [0.1, 0.15) is 5.02 Å². The van der Waals surface area contributed by atoms with Gasteiger partial charge in [-0.2, -0.15) is 0 Å². The predicted molar refractivity (Wildman–Crippen MR) is 83.0 cm³/mol. The van der Waals surface area contributed by atoms with E-state index in [1.807, 2.05) is 0 Å². The molecule has 120 valence electrons. The lowest BCUT2D eigenvalue weighted by Crippen LogP contribution is -2.37. The molecule has 1 aliphatic rings. The SMILES string of the molecule is O=C(NCC(O)C1CCCCC1)c1ccc(Cl)c([N+](=O)[O-])c1. The minimum absolute atomic E-state index is 0.0104. The lowest BCUT2D eigenvalue weighted by atomic mass is 9.85. The molecule has 2 N–H and O–H groups in total. The van der Waals surface area contributed by atoms with Crippen molar-refractivity contribution in [2.24, 2.45) is 5.92 Å². The van der Waals surface area contributed by atoms with Crippen LogP contribution in [0.1, 0.15) is 42.5 Å². The number of aliphatic hydroxyl groups excluding tert-OH is 1. The minimum Gasteiger partial charge on any atom is -0.391 e. The Hall–Kier alpha value is -1.66. The largest absolute Gasteiger partial charge is 0.391 e. The van der Waals surface area contributed by atoms with Crippen molar-refractivity contribution in [3.8, 4) is 0 Å². The summed E-state index contributed by atoms with van der Waals surface area (Å²) < 4.78 is 0. The van der Waals surface area contributed by atoms with Gasteiger partial charge >= 0.3 is 0 Å². The van der Waals surface area contributed by atoms with Crippen molar-refractivity contribution >= 4 is 23.2 Å². The second kappa shape index (κ2) is 7.56. The van der Waals surface area contributed by atoms with E-state index in [1.54, 1.807) is 0 Å². The zero-order valence-electron chi connectivity index (χ0n) is 12.1. The Bertz CT molecular complexity index is 558. The number of nitrogens with zero attached hydrogens (tertiary/aromatic N) is 1. The highest BCUT2D eigenvalue weighted by Gasteiger charge is 2.22. The molecule has 22 heavy (non-hydrogen) atoms. The third-order valence-electron chi connectivity index (χ3n) is 4.07.